The highest BCUT2D eigenvalue weighted by atomic mass is 15.5. The third-order valence-electron chi connectivity index (χ3n) is 6.10. The van der Waals surface area contributed by atoms with Crippen LogP contribution in [0.5, 0.6) is 0 Å². The van der Waals surface area contributed by atoms with E-state index in [9.17, 15) is 0 Å². The Morgan fingerprint density at radius 3 is 1.80 bits per heavy atom. The molecular formula is C21H20N4. The summed E-state index contributed by atoms with van der Waals surface area (Å²) in [6.45, 7) is 0. The maximum absolute atomic E-state index is 2.46. The van der Waals surface area contributed by atoms with Crippen molar-refractivity contribution in [1.82, 2.24) is 9.80 Å². The van der Waals surface area contributed by atoms with Gasteiger partial charge in [-0.3, -0.25) is 0 Å². The van der Waals surface area contributed by atoms with Crippen molar-refractivity contribution in [2.45, 2.75) is 18.2 Å². The van der Waals surface area contributed by atoms with Crippen molar-refractivity contribution in [3.8, 4) is 11.1 Å². The van der Waals surface area contributed by atoms with Gasteiger partial charge >= 0.3 is 0 Å². The number of rotatable bonds is 1. The standard InChI is InChI=1S/C21H20N4/c1-22-8-10-24-16-12-15(14-6-4-3-5-7-14)13-17-18(16)19(20(22)24)21-23(2)9-11-25(17)21/h3-13,19-21H,1-2H3. The molecule has 0 spiro atoms. The van der Waals surface area contributed by atoms with Crippen molar-refractivity contribution >= 4 is 11.4 Å². The van der Waals surface area contributed by atoms with Gasteiger partial charge in [0.05, 0.1) is 5.92 Å². The van der Waals surface area contributed by atoms with Crippen molar-refractivity contribution in [1.29, 1.82) is 0 Å². The average Bonchev–Trinajstić information content (AvgIpc) is 3.35. The lowest BCUT2D eigenvalue weighted by atomic mass is 9.95. The van der Waals surface area contributed by atoms with Gasteiger partial charge < -0.3 is 19.6 Å². The van der Waals surface area contributed by atoms with Crippen LogP contribution in [0.4, 0.5) is 11.4 Å². The number of likely N-dealkylation sites (N-methyl/N-ethyl adjacent to an activating group) is 2. The molecule has 0 amide bonds. The molecule has 124 valence electrons. The van der Waals surface area contributed by atoms with Gasteiger partial charge in [0.25, 0.3) is 0 Å². The van der Waals surface area contributed by atoms with Gasteiger partial charge in [0.1, 0.15) is 12.3 Å². The Bertz CT molecular complexity index is 879. The molecule has 0 saturated carbocycles. The summed E-state index contributed by atoms with van der Waals surface area (Å²) in [5.74, 6) is 0.467. The van der Waals surface area contributed by atoms with Crippen LogP contribution in [0, 0.1) is 0 Å². The maximum Gasteiger partial charge on any atom is 0.116 e. The fourth-order valence-electron chi connectivity index (χ4n) is 5.04. The number of nitrogens with zero attached hydrogens (tertiary/aromatic N) is 4. The van der Waals surface area contributed by atoms with E-state index in [-0.39, 0.29) is 0 Å². The van der Waals surface area contributed by atoms with E-state index >= 15 is 0 Å². The summed E-state index contributed by atoms with van der Waals surface area (Å²) in [6, 6.07) is 15.4. The van der Waals surface area contributed by atoms with Crippen molar-refractivity contribution in [3.63, 3.8) is 0 Å². The molecule has 2 aromatic carbocycles. The first-order valence-electron chi connectivity index (χ1n) is 8.84. The molecule has 0 fully saturated rings. The highest BCUT2D eigenvalue weighted by Crippen LogP contribution is 2.58. The van der Waals surface area contributed by atoms with Crippen LogP contribution in [-0.4, -0.2) is 36.2 Å². The fourth-order valence-corrected chi connectivity index (χ4v) is 5.04. The van der Waals surface area contributed by atoms with E-state index in [1.165, 1.54) is 28.1 Å². The monoisotopic (exact) mass is 328 g/mol. The normalized spacial score (nSPS) is 27.4. The number of fused-ring (bicyclic) bond motifs is 6. The zero-order chi connectivity index (χ0) is 16.7. The lowest BCUT2D eigenvalue weighted by Gasteiger charge is -2.35. The molecule has 4 aliphatic heterocycles. The molecular weight excluding hydrogens is 308 g/mol. The smallest absolute Gasteiger partial charge is 0.116 e. The molecule has 0 aromatic heterocycles. The third kappa shape index (κ3) is 1.53. The van der Waals surface area contributed by atoms with Gasteiger partial charge in [0.2, 0.25) is 0 Å². The molecule has 0 aliphatic carbocycles. The Morgan fingerprint density at radius 2 is 1.24 bits per heavy atom. The van der Waals surface area contributed by atoms with Crippen LogP contribution in [0.25, 0.3) is 11.1 Å². The average molecular weight is 328 g/mol. The van der Waals surface area contributed by atoms with E-state index in [2.05, 4.69) is 101 Å². The molecule has 4 heteroatoms. The van der Waals surface area contributed by atoms with E-state index in [0.29, 0.717) is 18.2 Å². The summed E-state index contributed by atoms with van der Waals surface area (Å²) in [5.41, 5.74) is 6.80. The zero-order valence-electron chi connectivity index (χ0n) is 14.4. The van der Waals surface area contributed by atoms with Gasteiger partial charge in [-0.1, -0.05) is 30.3 Å². The molecule has 0 saturated heterocycles. The van der Waals surface area contributed by atoms with E-state index in [0.717, 1.165) is 0 Å². The van der Waals surface area contributed by atoms with Gasteiger partial charge in [-0.25, -0.2) is 0 Å². The molecule has 0 bridgehead atoms. The fraction of sp³-hybridized carbons (Fsp3) is 0.238. The highest BCUT2D eigenvalue weighted by molar-refractivity contribution is 5.86. The molecule has 0 radical (unpaired) electrons. The van der Waals surface area contributed by atoms with Gasteiger partial charge in [0.15, 0.2) is 0 Å². The topological polar surface area (TPSA) is 13.0 Å². The summed E-state index contributed by atoms with van der Waals surface area (Å²) < 4.78 is 0. The minimum absolute atomic E-state index is 0.372. The molecule has 6 rings (SSSR count). The quantitative estimate of drug-likeness (QED) is 0.793. The zero-order valence-corrected chi connectivity index (χ0v) is 14.4. The minimum Gasteiger partial charge on any atom is -0.358 e. The minimum atomic E-state index is 0.372. The van der Waals surface area contributed by atoms with E-state index < -0.39 is 0 Å². The van der Waals surface area contributed by atoms with Crippen LogP contribution in [0.1, 0.15) is 11.5 Å². The van der Waals surface area contributed by atoms with E-state index in [1.54, 1.807) is 0 Å². The summed E-state index contributed by atoms with van der Waals surface area (Å²) in [7, 11) is 4.38. The number of anilines is 2. The SMILES string of the molecule is CN1C=CN2c3cc(-c4ccccc4)cc4c3C(C12)C1N(C)C=CN41. The number of hydrogen-bond acceptors (Lipinski definition) is 4. The second-order valence-corrected chi connectivity index (χ2v) is 7.39. The first-order chi connectivity index (χ1) is 12.2. The molecule has 4 heterocycles. The molecule has 0 N–H and O–H groups in total. The van der Waals surface area contributed by atoms with Crippen molar-refractivity contribution in [2.24, 2.45) is 0 Å². The molecule has 2 aromatic rings. The molecule has 25 heavy (non-hydrogen) atoms. The lowest BCUT2D eigenvalue weighted by molar-refractivity contribution is 0.237. The predicted octanol–water partition coefficient (Wildman–Crippen LogP) is 3.56. The number of hydrogen-bond donors (Lipinski definition) is 0. The molecule has 4 aliphatic rings. The second kappa shape index (κ2) is 4.39. The summed E-state index contributed by atoms with van der Waals surface area (Å²) in [4.78, 5) is 9.62. The molecule has 2 unspecified atom stereocenters. The van der Waals surface area contributed by atoms with Gasteiger partial charge in [-0.15, -0.1) is 0 Å². The molecule has 2 atom stereocenters. The Labute approximate surface area is 147 Å². The third-order valence-corrected chi connectivity index (χ3v) is 6.10. The number of benzene rings is 2. The maximum atomic E-state index is 2.46. The summed E-state index contributed by atoms with van der Waals surface area (Å²) >= 11 is 0. The Hall–Kier alpha value is -2.88. The Kier molecular flexibility index (Phi) is 2.36. The Balaban J connectivity index is 1.61. The van der Waals surface area contributed by atoms with Crippen LogP contribution < -0.4 is 9.80 Å². The highest BCUT2D eigenvalue weighted by Gasteiger charge is 2.55. The summed E-state index contributed by atoms with van der Waals surface area (Å²) in [5, 5.41) is 0. The van der Waals surface area contributed by atoms with Crippen LogP contribution in [0.15, 0.2) is 67.3 Å². The van der Waals surface area contributed by atoms with Gasteiger partial charge in [-0.05, 0) is 23.3 Å². The summed E-state index contributed by atoms with van der Waals surface area (Å²) in [6.07, 6.45) is 9.62. The van der Waals surface area contributed by atoms with E-state index in [1.807, 2.05) is 0 Å². The van der Waals surface area contributed by atoms with Gasteiger partial charge in [-0.2, -0.15) is 0 Å². The molecule has 4 nitrogen and oxygen atoms in total. The first kappa shape index (κ1) is 13.4. The Morgan fingerprint density at radius 1 is 0.680 bits per heavy atom. The van der Waals surface area contributed by atoms with E-state index in [4.69, 9.17) is 0 Å². The van der Waals surface area contributed by atoms with Crippen molar-refractivity contribution in [3.05, 3.63) is 72.8 Å². The van der Waals surface area contributed by atoms with Crippen LogP contribution in [0.3, 0.4) is 0 Å². The van der Waals surface area contributed by atoms with Crippen LogP contribution >= 0.6 is 0 Å². The van der Waals surface area contributed by atoms with Crippen molar-refractivity contribution < 1.29 is 0 Å². The van der Waals surface area contributed by atoms with Crippen LogP contribution in [0.2, 0.25) is 0 Å². The first-order valence-corrected chi connectivity index (χ1v) is 8.84. The van der Waals surface area contributed by atoms with Crippen molar-refractivity contribution in [2.75, 3.05) is 23.9 Å². The van der Waals surface area contributed by atoms with Gasteiger partial charge in [0, 0.05) is 55.8 Å². The van der Waals surface area contributed by atoms with Crippen LogP contribution in [-0.2, 0) is 0 Å². The largest absolute Gasteiger partial charge is 0.358 e. The lowest BCUT2D eigenvalue weighted by Crippen LogP contribution is -2.47. The predicted molar refractivity (Wildman–Crippen MR) is 101 cm³/mol. The second-order valence-electron chi connectivity index (χ2n) is 7.39.